The number of fused-ring (bicyclic) bond motifs is 1. The average Bonchev–Trinajstić information content (AvgIpc) is 2.75. The maximum absolute atomic E-state index is 12.7. The molecule has 0 aliphatic carbocycles. The number of hydrogen-bond donors (Lipinski definition) is 2. The van der Waals surface area contributed by atoms with Gasteiger partial charge in [-0.25, -0.2) is 13.1 Å². The molecule has 1 heterocycles. The maximum Gasteiger partial charge on any atom is 0.241 e. The number of rotatable bonds is 9. The Morgan fingerprint density at radius 2 is 1.77 bits per heavy atom. The lowest BCUT2D eigenvalue weighted by molar-refractivity contribution is 0.314. The zero-order valence-corrected chi connectivity index (χ0v) is 19.9. The molecule has 0 unspecified atom stereocenters. The molecule has 2 N–H and O–H groups in total. The second-order valence-corrected chi connectivity index (χ2v) is 8.96. The predicted octanol–water partition coefficient (Wildman–Crippen LogP) is 4.28. The zero-order valence-electron chi connectivity index (χ0n) is 17.5. The summed E-state index contributed by atoms with van der Waals surface area (Å²) in [6.07, 6.45) is 3.24. The van der Waals surface area contributed by atoms with Crippen molar-refractivity contribution in [1.82, 2.24) is 15.0 Å². The number of aromatic nitrogens is 1. The molecule has 2 aromatic carbocycles. The van der Waals surface area contributed by atoms with E-state index >= 15 is 0 Å². The molecule has 0 saturated heterocycles. The maximum atomic E-state index is 12.7. The summed E-state index contributed by atoms with van der Waals surface area (Å²) in [4.78, 5) is 4.29. The molecule has 0 spiro atoms. The largest absolute Gasteiger partial charge is 0.492 e. The van der Waals surface area contributed by atoms with Crippen LogP contribution >= 0.6 is 15.9 Å². The van der Waals surface area contributed by atoms with Crippen LogP contribution in [0.4, 0.5) is 0 Å². The van der Waals surface area contributed by atoms with E-state index in [9.17, 15) is 8.42 Å². The van der Waals surface area contributed by atoms with Crippen molar-refractivity contribution in [2.24, 2.45) is 0 Å². The Morgan fingerprint density at radius 1 is 1.03 bits per heavy atom. The number of hydrogen-bond acceptors (Lipinski definition) is 5. The van der Waals surface area contributed by atoms with Gasteiger partial charge in [-0.3, -0.25) is 4.98 Å². The van der Waals surface area contributed by atoms with Crippen LogP contribution in [0.3, 0.4) is 0 Å². The van der Waals surface area contributed by atoms with Gasteiger partial charge in [-0.2, -0.15) is 0 Å². The van der Waals surface area contributed by atoms with Crippen LogP contribution in [0.1, 0.15) is 19.4 Å². The van der Waals surface area contributed by atoms with Crippen molar-refractivity contribution in [3.05, 3.63) is 64.9 Å². The monoisotopic (exact) mass is 493 g/mol. The summed E-state index contributed by atoms with van der Waals surface area (Å²) in [7, 11) is -3.63. The molecule has 8 heteroatoms. The molecule has 0 aliphatic heterocycles. The van der Waals surface area contributed by atoms with Crippen molar-refractivity contribution in [3.63, 3.8) is 0 Å². The van der Waals surface area contributed by atoms with Crippen LogP contribution in [0.5, 0.6) is 5.75 Å². The van der Waals surface area contributed by atoms with E-state index in [-0.39, 0.29) is 11.4 Å². The molecule has 0 aliphatic rings. The molecule has 6 nitrogen and oxygen atoms in total. The molecular formula is C22H28BrN3O3S. The van der Waals surface area contributed by atoms with E-state index in [1.807, 2.05) is 51.1 Å². The fraction of sp³-hybridized carbons (Fsp3) is 0.318. The van der Waals surface area contributed by atoms with E-state index in [4.69, 9.17) is 4.74 Å². The van der Waals surface area contributed by atoms with Crippen molar-refractivity contribution in [2.45, 2.75) is 25.7 Å². The lowest BCUT2D eigenvalue weighted by Crippen LogP contribution is -2.33. The smallest absolute Gasteiger partial charge is 0.241 e. The number of pyridine rings is 1. The highest BCUT2D eigenvalue weighted by molar-refractivity contribution is 9.10. The molecule has 0 radical (unpaired) electrons. The minimum atomic E-state index is -3.63. The number of benzene rings is 2. The van der Waals surface area contributed by atoms with Crippen LogP contribution in [-0.2, 0) is 10.0 Å². The van der Waals surface area contributed by atoms with Crippen molar-refractivity contribution >= 4 is 36.7 Å². The summed E-state index contributed by atoms with van der Waals surface area (Å²) in [5.41, 5.74) is 1.19. The molecule has 0 saturated carbocycles. The summed E-state index contributed by atoms with van der Waals surface area (Å²) in [5.74, 6) is 0.823. The Labute approximate surface area is 187 Å². The van der Waals surface area contributed by atoms with Gasteiger partial charge in [0.15, 0.2) is 0 Å². The van der Waals surface area contributed by atoms with Gasteiger partial charge >= 0.3 is 0 Å². The summed E-state index contributed by atoms with van der Waals surface area (Å²) < 4.78 is 34.3. The highest BCUT2D eigenvalue weighted by Gasteiger charge is 2.17. The fourth-order valence-electron chi connectivity index (χ4n) is 2.71. The minimum absolute atomic E-state index is 0.238. The first-order valence-electron chi connectivity index (χ1n) is 9.89. The van der Waals surface area contributed by atoms with Crippen LogP contribution in [0.2, 0.25) is 0 Å². The second kappa shape index (κ2) is 12.0. The molecule has 1 aromatic heterocycles. The van der Waals surface area contributed by atoms with Gasteiger partial charge in [-0.15, -0.1) is 0 Å². The Bertz CT molecular complexity index is 1040. The number of nitrogens with zero attached hydrogens (tertiary/aromatic N) is 1. The highest BCUT2D eigenvalue weighted by Crippen LogP contribution is 2.26. The topological polar surface area (TPSA) is 80.3 Å². The van der Waals surface area contributed by atoms with Crippen LogP contribution in [-0.4, -0.2) is 39.6 Å². The number of sulfonamides is 1. The van der Waals surface area contributed by atoms with E-state index in [0.29, 0.717) is 29.6 Å². The fourth-order valence-corrected chi connectivity index (χ4v) is 4.62. The van der Waals surface area contributed by atoms with Crippen molar-refractivity contribution in [2.75, 3.05) is 26.2 Å². The predicted molar refractivity (Wildman–Crippen MR) is 126 cm³/mol. The van der Waals surface area contributed by atoms with Crippen LogP contribution in [0.15, 0.2) is 64.2 Å². The van der Waals surface area contributed by atoms with Gasteiger partial charge in [0.05, 0.1) is 4.90 Å². The molecular weight excluding hydrogens is 466 g/mol. The standard InChI is InChI=1S/C20H22BrN3O3S.C2H6/c1-15-2-4-18(5-3-15)27-11-10-22-8-9-24-28(25,26)20-13-17(21)12-16-14-23-7-6-19(16)20;1-2/h2-7,12-14,22,24H,8-11H2,1H3;1-2H3. The third-order valence-corrected chi connectivity index (χ3v) is 6.09. The highest BCUT2D eigenvalue weighted by atomic mass is 79.9. The van der Waals surface area contributed by atoms with Gasteiger partial charge in [-0.1, -0.05) is 47.5 Å². The summed E-state index contributed by atoms with van der Waals surface area (Å²) in [5, 5.41) is 4.58. The Kier molecular flexibility index (Phi) is 9.71. The quantitative estimate of drug-likeness (QED) is 0.434. The first-order chi connectivity index (χ1) is 14.5. The number of ether oxygens (including phenoxy) is 1. The molecule has 3 rings (SSSR count). The third-order valence-electron chi connectivity index (χ3n) is 4.13. The lowest BCUT2D eigenvalue weighted by atomic mass is 10.2. The van der Waals surface area contributed by atoms with E-state index in [0.717, 1.165) is 11.1 Å². The van der Waals surface area contributed by atoms with E-state index < -0.39 is 10.0 Å². The Hall–Kier alpha value is -2.00. The molecule has 0 fully saturated rings. The van der Waals surface area contributed by atoms with Crippen LogP contribution < -0.4 is 14.8 Å². The summed E-state index contributed by atoms with van der Waals surface area (Å²) in [6, 6.07) is 13.0. The average molecular weight is 494 g/mol. The molecule has 3 aromatic rings. The van der Waals surface area contributed by atoms with Crippen LogP contribution in [0, 0.1) is 6.92 Å². The van der Waals surface area contributed by atoms with Crippen LogP contribution in [0.25, 0.3) is 10.8 Å². The van der Waals surface area contributed by atoms with E-state index in [1.54, 1.807) is 24.5 Å². The zero-order chi connectivity index (χ0) is 22.0. The first-order valence-corrected chi connectivity index (χ1v) is 12.2. The lowest BCUT2D eigenvalue weighted by Gasteiger charge is -2.11. The summed E-state index contributed by atoms with van der Waals surface area (Å²) >= 11 is 3.36. The van der Waals surface area contributed by atoms with Gasteiger partial charge in [0, 0.05) is 47.3 Å². The molecule has 0 bridgehead atoms. The number of nitrogens with one attached hydrogen (secondary N) is 2. The molecule has 30 heavy (non-hydrogen) atoms. The van der Waals surface area contributed by atoms with Gasteiger partial charge in [0.25, 0.3) is 0 Å². The number of aryl methyl sites for hydroxylation is 1. The molecule has 162 valence electrons. The van der Waals surface area contributed by atoms with Crippen molar-refractivity contribution in [1.29, 1.82) is 0 Å². The Balaban J connectivity index is 0.00000155. The van der Waals surface area contributed by atoms with E-state index in [1.165, 1.54) is 5.56 Å². The van der Waals surface area contributed by atoms with Gasteiger partial charge < -0.3 is 10.1 Å². The van der Waals surface area contributed by atoms with Gasteiger partial charge in [-0.05, 0) is 37.3 Å². The second-order valence-electron chi connectivity index (χ2n) is 6.31. The Morgan fingerprint density at radius 3 is 2.50 bits per heavy atom. The van der Waals surface area contributed by atoms with Gasteiger partial charge in [0.2, 0.25) is 10.0 Å². The van der Waals surface area contributed by atoms with E-state index in [2.05, 4.69) is 31.0 Å². The summed E-state index contributed by atoms with van der Waals surface area (Å²) in [6.45, 7) is 7.95. The third kappa shape index (κ3) is 7.05. The molecule has 0 amide bonds. The first kappa shape index (κ1) is 24.3. The van der Waals surface area contributed by atoms with Crippen molar-refractivity contribution < 1.29 is 13.2 Å². The SMILES string of the molecule is CC.Cc1ccc(OCCNCCNS(=O)(=O)c2cc(Br)cc3cnccc23)cc1. The number of halogens is 1. The normalized spacial score (nSPS) is 11.1. The van der Waals surface area contributed by atoms with Gasteiger partial charge in [0.1, 0.15) is 12.4 Å². The molecule has 0 atom stereocenters. The van der Waals surface area contributed by atoms with Crippen molar-refractivity contribution in [3.8, 4) is 5.75 Å². The minimum Gasteiger partial charge on any atom is -0.492 e.